The lowest BCUT2D eigenvalue weighted by molar-refractivity contribution is -0.141. The number of nitrogens with zero attached hydrogens (tertiary/aromatic N) is 2. The van der Waals surface area contributed by atoms with Crippen LogP contribution in [0, 0.1) is 6.92 Å². The number of carboxylic acids is 1. The van der Waals surface area contributed by atoms with Gasteiger partial charge in [0.2, 0.25) is 0 Å². The average molecular weight is 360 g/mol. The van der Waals surface area contributed by atoms with Crippen molar-refractivity contribution >= 4 is 11.9 Å². The Labute approximate surface area is 142 Å². The maximum absolute atomic E-state index is 12.7. The Kier molecular flexibility index (Phi) is 5.99. The van der Waals surface area contributed by atoms with E-state index in [-0.39, 0.29) is 36.9 Å². The predicted octanol–water partition coefficient (Wildman–Crippen LogP) is 2.50. The van der Waals surface area contributed by atoms with Crippen LogP contribution in [0.2, 0.25) is 0 Å². The second-order valence-electron chi connectivity index (χ2n) is 5.86. The summed E-state index contributed by atoms with van der Waals surface area (Å²) >= 11 is 0. The molecule has 9 heteroatoms. The molecule has 1 saturated heterocycles. The number of rotatable bonds is 6. The number of carbonyl (C=O) groups excluding carboxylic acids is 1. The topological polar surface area (TPSA) is 79.7 Å². The molecule has 1 N–H and O–H groups in total. The summed E-state index contributed by atoms with van der Waals surface area (Å²) in [4.78, 5) is 28.3. The van der Waals surface area contributed by atoms with Gasteiger partial charge in [0.05, 0.1) is 23.8 Å². The minimum atomic E-state index is -4.59. The van der Waals surface area contributed by atoms with Crippen LogP contribution in [0.5, 0.6) is 0 Å². The van der Waals surface area contributed by atoms with E-state index in [1.165, 1.54) is 11.8 Å². The number of halogens is 3. The largest absolute Gasteiger partial charge is 0.481 e. The summed E-state index contributed by atoms with van der Waals surface area (Å²) in [6, 6.07) is 1.83. The smallest absolute Gasteiger partial charge is 0.433 e. The van der Waals surface area contributed by atoms with Crippen molar-refractivity contribution < 1.29 is 32.6 Å². The van der Waals surface area contributed by atoms with Crippen LogP contribution >= 0.6 is 0 Å². The van der Waals surface area contributed by atoms with E-state index in [0.717, 1.165) is 25.0 Å². The first-order valence-electron chi connectivity index (χ1n) is 7.86. The fourth-order valence-corrected chi connectivity index (χ4v) is 2.66. The highest BCUT2D eigenvalue weighted by molar-refractivity contribution is 5.95. The molecule has 2 rings (SSSR count). The molecule has 2 heterocycles. The molecule has 1 aromatic rings. The van der Waals surface area contributed by atoms with Gasteiger partial charge in [-0.3, -0.25) is 9.59 Å². The number of aromatic nitrogens is 1. The van der Waals surface area contributed by atoms with Gasteiger partial charge in [-0.25, -0.2) is 4.98 Å². The van der Waals surface area contributed by atoms with E-state index in [9.17, 15) is 22.8 Å². The third kappa shape index (κ3) is 5.15. The van der Waals surface area contributed by atoms with Gasteiger partial charge in [-0.15, -0.1) is 0 Å². The van der Waals surface area contributed by atoms with Crippen LogP contribution in [-0.4, -0.2) is 52.7 Å². The number of carbonyl (C=O) groups is 2. The van der Waals surface area contributed by atoms with Crippen molar-refractivity contribution in [2.45, 2.75) is 38.5 Å². The van der Waals surface area contributed by atoms with Crippen molar-refractivity contribution in [3.05, 3.63) is 29.1 Å². The van der Waals surface area contributed by atoms with Crippen molar-refractivity contribution in [2.75, 3.05) is 19.7 Å². The summed E-state index contributed by atoms with van der Waals surface area (Å²) in [6.07, 6.45) is -3.44. The molecule has 0 aliphatic carbocycles. The SMILES string of the molecule is Cc1nc(C(F)(F)F)ccc1C(=O)N(CCC(=O)O)CC1CCCO1. The number of aryl methyl sites for hydroxylation is 1. The zero-order valence-electron chi connectivity index (χ0n) is 13.7. The second-order valence-corrected chi connectivity index (χ2v) is 5.86. The van der Waals surface area contributed by atoms with Crippen molar-refractivity contribution in [3.63, 3.8) is 0 Å². The van der Waals surface area contributed by atoms with E-state index in [1.807, 2.05) is 0 Å². The van der Waals surface area contributed by atoms with E-state index < -0.39 is 23.7 Å². The molecule has 0 saturated carbocycles. The number of hydrogen-bond acceptors (Lipinski definition) is 4. The van der Waals surface area contributed by atoms with Crippen LogP contribution < -0.4 is 0 Å². The first-order valence-corrected chi connectivity index (χ1v) is 7.86. The number of alkyl halides is 3. The van der Waals surface area contributed by atoms with Crippen LogP contribution in [0.25, 0.3) is 0 Å². The molecular formula is C16H19F3N2O4. The molecule has 1 unspecified atom stereocenters. The summed E-state index contributed by atoms with van der Waals surface area (Å²) < 4.78 is 43.6. The molecule has 1 fully saturated rings. The van der Waals surface area contributed by atoms with Gasteiger partial charge in [-0.05, 0) is 31.9 Å². The van der Waals surface area contributed by atoms with Crippen molar-refractivity contribution in [1.82, 2.24) is 9.88 Å². The highest BCUT2D eigenvalue weighted by Crippen LogP contribution is 2.28. The fourth-order valence-electron chi connectivity index (χ4n) is 2.66. The van der Waals surface area contributed by atoms with Crippen molar-refractivity contribution in [2.24, 2.45) is 0 Å². The van der Waals surface area contributed by atoms with Crippen LogP contribution in [0.1, 0.15) is 41.0 Å². The number of ether oxygens (including phenoxy) is 1. The molecule has 1 atom stereocenters. The standard InChI is InChI=1S/C16H19F3N2O4/c1-10-12(4-5-13(20-10)16(17,18)19)15(24)21(7-6-14(22)23)9-11-3-2-8-25-11/h4-5,11H,2-3,6-9H2,1H3,(H,22,23). The summed E-state index contributed by atoms with van der Waals surface area (Å²) in [5.41, 5.74) is -1.10. The molecule has 0 aromatic carbocycles. The van der Waals surface area contributed by atoms with Gasteiger partial charge < -0.3 is 14.7 Å². The number of carboxylic acid groups (broad SMARTS) is 1. The van der Waals surface area contributed by atoms with Crippen LogP contribution in [0.15, 0.2) is 12.1 Å². The summed E-state index contributed by atoms with van der Waals surface area (Å²) in [6.45, 7) is 2.05. The third-order valence-corrected chi connectivity index (χ3v) is 3.94. The van der Waals surface area contributed by atoms with Gasteiger partial charge >= 0.3 is 12.1 Å². The van der Waals surface area contributed by atoms with Crippen LogP contribution in [-0.2, 0) is 15.7 Å². The molecule has 1 aliphatic heterocycles. The second kappa shape index (κ2) is 7.81. The lowest BCUT2D eigenvalue weighted by Gasteiger charge is -2.25. The highest BCUT2D eigenvalue weighted by Gasteiger charge is 2.33. The summed E-state index contributed by atoms with van der Waals surface area (Å²) in [5, 5.41) is 8.85. The average Bonchev–Trinajstić information content (AvgIpc) is 3.02. The Morgan fingerprint density at radius 2 is 2.12 bits per heavy atom. The number of aliphatic carboxylic acids is 1. The zero-order valence-corrected chi connectivity index (χ0v) is 13.7. The van der Waals surface area contributed by atoms with E-state index in [4.69, 9.17) is 9.84 Å². The molecule has 1 aliphatic rings. The Morgan fingerprint density at radius 3 is 2.64 bits per heavy atom. The van der Waals surface area contributed by atoms with E-state index in [1.54, 1.807) is 0 Å². The number of hydrogen-bond donors (Lipinski definition) is 1. The Bertz CT molecular complexity index is 643. The van der Waals surface area contributed by atoms with Gasteiger partial charge in [0, 0.05) is 19.7 Å². The third-order valence-electron chi connectivity index (χ3n) is 3.94. The summed E-state index contributed by atoms with van der Waals surface area (Å²) in [5.74, 6) is -1.61. The minimum Gasteiger partial charge on any atom is -0.481 e. The Balaban J connectivity index is 2.20. The molecule has 138 valence electrons. The molecule has 0 spiro atoms. The number of pyridine rings is 1. The zero-order chi connectivity index (χ0) is 18.6. The maximum Gasteiger partial charge on any atom is 0.433 e. The lowest BCUT2D eigenvalue weighted by Crippen LogP contribution is -2.39. The Hall–Kier alpha value is -2.16. The molecule has 0 radical (unpaired) electrons. The van der Waals surface area contributed by atoms with Crippen molar-refractivity contribution in [3.8, 4) is 0 Å². The van der Waals surface area contributed by atoms with Gasteiger partial charge in [-0.2, -0.15) is 13.2 Å². The number of amides is 1. The highest BCUT2D eigenvalue weighted by atomic mass is 19.4. The Morgan fingerprint density at radius 1 is 1.40 bits per heavy atom. The van der Waals surface area contributed by atoms with Gasteiger partial charge in [0.25, 0.3) is 5.91 Å². The molecule has 1 amide bonds. The van der Waals surface area contributed by atoms with E-state index >= 15 is 0 Å². The van der Waals surface area contributed by atoms with E-state index in [0.29, 0.717) is 6.61 Å². The van der Waals surface area contributed by atoms with Gasteiger partial charge in [-0.1, -0.05) is 0 Å². The predicted molar refractivity (Wildman–Crippen MR) is 81.1 cm³/mol. The fraction of sp³-hybridized carbons (Fsp3) is 0.562. The normalized spacial score (nSPS) is 17.5. The first-order chi connectivity index (χ1) is 11.7. The summed E-state index contributed by atoms with van der Waals surface area (Å²) in [7, 11) is 0. The van der Waals surface area contributed by atoms with Gasteiger partial charge in [0.1, 0.15) is 5.69 Å². The maximum atomic E-state index is 12.7. The minimum absolute atomic E-state index is 0.0244. The van der Waals surface area contributed by atoms with E-state index in [2.05, 4.69) is 4.98 Å². The lowest BCUT2D eigenvalue weighted by atomic mass is 10.1. The molecule has 25 heavy (non-hydrogen) atoms. The first kappa shape index (κ1) is 19.2. The molecule has 6 nitrogen and oxygen atoms in total. The van der Waals surface area contributed by atoms with Crippen LogP contribution in [0.4, 0.5) is 13.2 Å². The molecule has 1 aromatic heterocycles. The monoisotopic (exact) mass is 360 g/mol. The molecular weight excluding hydrogens is 341 g/mol. The molecule has 0 bridgehead atoms. The van der Waals surface area contributed by atoms with Gasteiger partial charge in [0.15, 0.2) is 0 Å². The van der Waals surface area contributed by atoms with Crippen molar-refractivity contribution in [1.29, 1.82) is 0 Å². The quantitative estimate of drug-likeness (QED) is 0.843. The van der Waals surface area contributed by atoms with Crippen LogP contribution in [0.3, 0.4) is 0 Å².